The number of ether oxygens (including phenoxy) is 1. The van der Waals surface area contributed by atoms with E-state index in [4.69, 9.17) is 16.3 Å². The molecule has 0 aromatic carbocycles. The maximum Gasteiger partial charge on any atom is 0.211 e. The van der Waals surface area contributed by atoms with Crippen molar-refractivity contribution in [2.45, 2.75) is 32.1 Å². The summed E-state index contributed by atoms with van der Waals surface area (Å²) in [5.74, 6) is 1.63. The van der Waals surface area contributed by atoms with E-state index in [-0.39, 0.29) is 5.75 Å². The van der Waals surface area contributed by atoms with Crippen molar-refractivity contribution in [3.05, 3.63) is 0 Å². The highest BCUT2D eigenvalue weighted by atomic mass is 35.5. The van der Waals surface area contributed by atoms with Gasteiger partial charge in [-0.1, -0.05) is 12.8 Å². The van der Waals surface area contributed by atoms with Crippen molar-refractivity contribution < 1.29 is 13.2 Å². The third kappa shape index (κ3) is 5.87. The average Bonchev–Trinajstić information content (AvgIpc) is 2.37. The number of nitrogens with one attached hydrogen (secondary N) is 1. The van der Waals surface area contributed by atoms with Crippen molar-refractivity contribution in [1.82, 2.24) is 4.72 Å². The summed E-state index contributed by atoms with van der Waals surface area (Å²) in [5.41, 5.74) is 0. The lowest BCUT2D eigenvalue weighted by Gasteiger charge is -2.30. The van der Waals surface area contributed by atoms with Crippen LogP contribution in [0, 0.1) is 11.8 Å². The molecule has 1 aliphatic rings. The molecular weight excluding hydrogens is 274 g/mol. The van der Waals surface area contributed by atoms with Crippen LogP contribution in [0.5, 0.6) is 0 Å². The van der Waals surface area contributed by atoms with Crippen molar-refractivity contribution in [2.75, 3.05) is 31.9 Å². The number of hydrogen-bond donors (Lipinski definition) is 1. The highest BCUT2D eigenvalue weighted by molar-refractivity contribution is 7.89. The monoisotopic (exact) mass is 297 g/mol. The lowest BCUT2D eigenvalue weighted by molar-refractivity contribution is 0.199. The van der Waals surface area contributed by atoms with Gasteiger partial charge in [-0.2, -0.15) is 0 Å². The van der Waals surface area contributed by atoms with Crippen molar-refractivity contribution in [3.63, 3.8) is 0 Å². The zero-order valence-corrected chi connectivity index (χ0v) is 12.6. The number of sulfonamides is 1. The summed E-state index contributed by atoms with van der Waals surface area (Å²) < 4.78 is 31.1. The lowest BCUT2D eigenvalue weighted by atomic mass is 9.80. The molecule has 6 heteroatoms. The van der Waals surface area contributed by atoms with E-state index in [1.807, 2.05) is 0 Å². The molecule has 1 rings (SSSR count). The van der Waals surface area contributed by atoms with E-state index in [1.54, 1.807) is 7.11 Å². The van der Waals surface area contributed by atoms with E-state index in [0.717, 1.165) is 12.8 Å². The Balaban J connectivity index is 2.33. The second-order valence-electron chi connectivity index (χ2n) is 4.97. The molecular formula is C12H24ClNO3S. The van der Waals surface area contributed by atoms with Crippen LogP contribution in [-0.2, 0) is 14.8 Å². The molecule has 2 unspecified atom stereocenters. The Labute approximate surface area is 115 Å². The molecule has 0 radical (unpaired) electrons. The molecule has 0 amide bonds. The second-order valence-corrected chi connectivity index (χ2v) is 7.21. The molecule has 2 atom stereocenters. The van der Waals surface area contributed by atoms with Gasteiger partial charge in [0.05, 0.1) is 5.75 Å². The Bertz CT molecular complexity index is 321. The standard InChI is InChI=1S/C12H24ClNO3S/c1-17-7-4-8-18(15,16)14-10-12-6-3-2-5-11(12)9-13/h11-12,14H,2-10H2,1H3. The first-order valence-electron chi connectivity index (χ1n) is 6.61. The lowest BCUT2D eigenvalue weighted by Crippen LogP contribution is -2.36. The van der Waals surface area contributed by atoms with Crippen LogP contribution < -0.4 is 4.72 Å². The summed E-state index contributed by atoms with van der Waals surface area (Å²) in [6, 6.07) is 0. The minimum atomic E-state index is -3.16. The Morgan fingerprint density at radius 3 is 2.56 bits per heavy atom. The normalized spacial score (nSPS) is 25.2. The van der Waals surface area contributed by atoms with E-state index >= 15 is 0 Å². The molecule has 0 aromatic heterocycles. The molecule has 0 aromatic rings. The van der Waals surface area contributed by atoms with E-state index in [9.17, 15) is 8.42 Å². The van der Waals surface area contributed by atoms with Gasteiger partial charge >= 0.3 is 0 Å². The van der Waals surface area contributed by atoms with Gasteiger partial charge in [0, 0.05) is 26.1 Å². The molecule has 4 nitrogen and oxygen atoms in total. The summed E-state index contributed by atoms with van der Waals surface area (Å²) in [7, 11) is -1.58. The minimum absolute atomic E-state index is 0.138. The summed E-state index contributed by atoms with van der Waals surface area (Å²) >= 11 is 5.93. The fraction of sp³-hybridized carbons (Fsp3) is 1.00. The van der Waals surface area contributed by atoms with Gasteiger partial charge in [-0.05, 0) is 31.1 Å². The third-order valence-electron chi connectivity index (χ3n) is 3.59. The Morgan fingerprint density at radius 1 is 1.28 bits per heavy atom. The van der Waals surface area contributed by atoms with Gasteiger partial charge in [0.25, 0.3) is 0 Å². The number of halogens is 1. The molecule has 0 spiro atoms. The predicted octanol–water partition coefficient (Wildman–Crippen LogP) is 1.99. The summed E-state index contributed by atoms with van der Waals surface area (Å²) in [6.07, 6.45) is 5.14. The first kappa shape index (κ1) is 16.2. The molecule has 0 heterocycles. The van der Waals surface area contributed by atoms with E-state index in [0.29, 0.717) is 37.3 Å². The van der Waals surface area contributed by atoms with E-state index < -0.39 is 10.0 Å². The highest BCUT2D eigenvalue weighted by Crippen LogP contribution is 2.30. The largest absolute Gasteiger partial charge is 0.385 e. The Morgan fingerprint density at radius 2 is 1.94 bits per heavy atom. The topological polar surface area (TPSA) is 55.4 Å². The number of rotatable bonds is 8. The minimum Gasteiger partial charge on any atom is -0.385 e. The molecule has 1 saturated carbocycles. The molecule has 1 N–H and O–H groups in total. The van der Waals surface area contributed by atoms with Crippen LogP contribution in [0.25, 0.3) is 0 Å². The Kier molecular flexibility index (Phi) is 7.53. The summed E-state index contributed by atoms with van der Waals surface area (Å²) in [6.45, 7) is 1.02. The fourth-order valence-corrected chi connectivity index (χ4v) is 3.97. The third-order valence-corrected chi connectivity index (χ3v) is 5.42. The fourth-order valence-electron chi connectivity index (χ4n) is 2.46. The molecule has 1 aliphatic carbocycles. The zero-order valence-electron chi connectivity index (χ0n) is 11.0. The second kappa shape index (κ2) is 8.35. The van der Waals surface area contributed by atoms with Crippen LogP contribution in [0.4, 0.5) is 0 Å². The Hall–Kier alpha value is 0.160. The molecule has 0 aliphatic heterocycles. The number of alkyl halides is 1. The van der Waals surface area contributed by atoms with Crippen molar-refractivity contribution in [2.24, 2.45) is 11.8 Å². The van der Waals surface area contributed by atoms with E-state index in [1.165, 1.54) is 12.8 Å². The van der Waals surface area contributed by atoms with Gasteiger partial charge in [-0.15, -0.1) is 11.6 Å². The maximum absolute atomic E-state index is 11.7. The average molecular weight is 298 g/mol. The van der Waals surface area contributed by atoms with Crippen molar-refractivity contribution >= 4 is 21.6 Å². The molecule has 108 valence electrons. The van der Waals surface area contributed by atoms with Crippen molar-refractivity contribution in [1.29, 1.82) is 0 Å². The predicted molar refractivity (Wildman–Crippen MR) is 74.5 cm³/mol. The highest BCUT2D eigenvalue weighted by Gasteiger charge is 2.25. The van der Waals surface area contributed by atoms with E-state index in [2.05, 4.69) is 4.72 Å². The van der Waals surface area contributed by atoms with Crippen molar-refractivity contribution in [3.8, 4) is 0 Å². The SMILES string of the molecule is COCCCS(=O)(=O)NCC1CCCCC1CCl. The summed E-state index contributed by atoms with van der Waals surface area (Å²) in [4.78, 5) is 0. The molecule has 0 bridgehead atoms. The van der Waals surface area contributed by atoms with Gasteiger partial charge in [0.15, 0.2) is 0 Å². The van der Waals surface area contributed by atoms with Crippen LogP contribution in [-0.4, -0.2) is 40.3 Å². The maximum atomic E-state index is 11.7. The van der Waals surface area contributed by atoms with Gasteiger partial charge in [0.2, 0.25) is 10.0 Å². The molecule has 18 heavy (non-hydrogen) atoms. The van der Waals surface area contributed by atoms with Crippen LogP contribution in [0.15, 0.2) is 0 Å². The first-order chi connectivity index (χ1) is 8.59. The first-order valence-corrected chi connectivity index (χ1v) is 8.80. The quantitative estimate of drug-likeness (QED) is 0.551. The van der Waals surface area contributed by atoms with Gasteiger partial charge < -0.3 is 4.74 Å². The van der Waals surface area contributed by atoms with Crippen LogP contribution in [0.2, 0.25) is 0 Å². The van der Waals surface area contributed by atoms with Crippen LogP contribution in [0.1, 0.15) is 32.1 Å². The zero-order chi connectivity index (χ0) is 13.4. The van der Waals surface area contributed by atoms with Gasteiger partial charge in [-0.25, -0.2) is 13.1 Å². The molecule has 0 saturated heterocycles. The van der Waals surface area contributed by atoms with Crippen LogP contribution >= 0.6 is 11.6 Å². The summed E-state index contributed by atoms with van der Waals surface area (Å²) in [5, 5.41) is 0. The van der Waals surface area contributed by atoms with Gasteiger partial charge in [-0.3, -0.25) is 0 Å². The van der Waals surface area contributed by atoms with Gasteiger partial charge in [0.1, 0.15) is 0 Å². The smallest absolute Gasteiger partial charge is 0.211 e. The molecule has 1 fully saturated rings. The van der Waals surface area contributed by atoms with Crippen LogP contribution in [0.3, 0.4) is 0 Å². The number of hydrogen-bond acceptors (Lipinski definition) is 3. The number of methoxy groups -OCH3 is 1.